The molecule has 6 nitrogen and oxygen atoms in total. The zero-order valence-corrected chi connectivity index (χ0v) is 18.7. The van der Waals surface area contributed by atoms with Gasteiger partial charge < -0.3 is 19.2 Å². The van der Waals surface area contributed by atoms with Crippen LogP contribution in [-0.2, 0) is 11.3 Å². The highest BCUT2D eigenvalue weighted by Crippen LogP contribution is 2.37. The SMILES string of the molecule is C[C@]1(C(=O)NC2CCCCCCC2)Cn2c(cc3occc32)C(=O)N1C1CCCCC1. The lowest BCUT2D eigenvalue weighted by molar-refractivity contribution is -0.135. The molecular weight excluding hydrogens is 390 g/mol. The van der Waals surface area contributed by atoms with Crippen molar-refractivity contribution in [1.29, 1.82) is 0 Å². The third-order valence-electron chi connectivity index (χ3n) is 7.83. The van der Waals surface area contributed by atoms with Gasteiger partial charge in [-0.1, -0.05) is 51.4 Å². The average molecular weight is 426 g/mol. The monoisotopic (exact) mass is 425 g/mol. The van der Waals surface area contributed by atoms with Crippen molar-refractivity contribution in [2.75, 3.05) is 0 Å². The lowest BCUT2D eigenvalue weighted by atomic mass is 9.86. The Balaban J connectivity index is 1.48. The minimum absolute atomic E-state index is 0.00740. The van der Waals surface area contributed by atoms with Crippen LogP contribution in [0.25, 0.3) is 11.1 Å². The Hall–Kier alpha value is -2.24. The first-order valence-electron chi connectivity index (χ1n) is 12.3. The minimum Gasteiger partial charge on any atom is -0.463 e. The van der Waals surface area contributed by atoms with Crippen molar-refractivity contribution in [1.82, 2.24) is 14.8 Å². The number of carbonyl (C=O) groups excluding carboxylic acids is 2. The molecule has 3 aliphatic rings. The van der Waals surface area contributed by atoms with E-state index in [1.165, 1.54) is 38.5 Å². The molecule has 2 aromatic heterocycles. The largest absolute Gasteiger partial charge is 0.463 e. The fourth-order valence-electron chi connectivity index (χ4n) is 6.09. The van der Waals surface area contributed by atoms with Crippen LogP contribution in [0.5, 0.6) is 0 Å². The van der Waals surface area contributed by atoms with E-state index < -0.39 is 5.54 Å². The van der Waals surface area contributed by atoms with Crippen LogP contribution in [0.1, 0.15) is 94.5 Å². The van der Waals surface area contributed by atoms with E-state index in [9.17, 15) is 9.59 Å². The number of nitrogens with one attached hydrogen (secondary N) is 1. The number of rotatable bonds is 3. The molecular formula is C25H35N3O3. The number of fused-ring (bicyclic) bond motifs is 3. The molecule has 0 unspecified atom stereocenters. The minimum atomic E-state index is -0.891. The van der Waals surface area contributed by atoms with E-state index in [1.807, 2.05) is 28.5 Å². The number of nitrogens with zero attached hydrogens (tertiary/aromatic N) is 2. The van der Waals surface area contributed by atoms with Crippen molar-refractivity contribution in [2.45, 2.75) is 108 Å². The van der Waals surface area contributed by atoms with Crippen LogP contribution >= 0.6 is 0 Å². The molecule has 2 saturated carbocycles. The summed E-state index contributed by atoms with van der Waals surface area (Å²) in [5.41, 5.74) is 1.38. The molecule has 0 saturated heterocycles. The van der Waals surface area contributed by atoms with E-state index in [0.717, 1.165) is 49.6 Å². The summed E-state index contributed by atoms with van der Waals surface area (Å²) < 4.78 is 7.58. The fourth-order valence-corrected chi connectivity index (χ4v) is 6.09. The number of hydrogen-bond acceptors (Lipinski definition) is 3. The van der Waals surface area contributed by atoms with Crippen LogP contribution < -0.4 is 5.32 Å². The highest BCUT2D eigenvalue weighted by molar-refractivity contribution is 6.03. The lowest BCUT2D eigenvalue weighted by Gasteiger charge is -2.49. The van der Waals surface area contributed by atoms with Crippen LogP contribution in [0.4, 0.5) is 0 Å². The maximum Gasteiger partial charge on any atom is 0.271 e. The number of aromatic nitrogens is 1. The highest BCUT2D eigenvalue weighted by atomic mass is 16.3. The van der Waals surface area contributed by atoms with Crippen molar-refractivity contribution in [2.24, 2.45) is 0 Å². The van der Waals surface area contributed by atoms with Crippen LogP contribution in [0.15, 0.2) is 22.8 Å². The second-order valence-corrected chi connectivity index (χ2v) is 10.0. The zero-order chi connectivity index (χ0) is 21.4. The van der Waals surface area contributed by atoms with E-state index in [4.69, 9.17) is 4.42 Å². The fraction of sp³-hybridized carbons (Fsp3) is 0.680. The summed E-state index contributed by atoms with van der Waals surface area (Å²) >= 11 is 0. The molecule has 31 heavy (non-hydrogen) atoms. The van der Waals surface area contributed by atoms with E-state index in [1.54, 1.807) is 6.26 Å². The summed E-state index contributed by atoms with van der Waals surface area (Å²) in [4.78, 5) is 29.6. The van der Waals surface area contributed by atoms with Gasteiger partial charge in [0, 0.05) is 24.2 Å². The maximum atomic E-state index is 13.8. The molecule has 0 aromatic carbocycles. The van der Waals surface area contributed by atoms with Crippen molar-refractivity contribution < 1.29 is 14.0 Å². The van der Waals surface area contributed by atoms with Gasteiger partial charge in [-0.2, -0.15) is 0 Å². The highest BCUT2D eigenvalue weighted by Gasteiger charge is 2.51. The normalized spacial score (nSPS) is 26.5. The first-order chi connectivity index (χ1) is 15.1. The van der Waals surface area contributed by atoms with Gasteiger partial charge in [-0.3, -0.25) is 9.59 Å². The van der Waals surface area contributed by atoms with Gasteiger partial charge in [-0.15, -0.1) is 0 Å². The summed E-state index contributed by atoms with van der Waals surface area (Å²) in [6.07, 6.45) is 15.3. The van der Waals surface area contributed by atoms with Crippen molar-refractivity contribution >= 4 is 22.9 Å². The van der Waals surface area contributed by atoms with Gasteiger partial charge >= 0.3 is 0 Å². The molecule has 3 heterocycles. The first kappa shape index (κ1) is 20.7. The molecule has 0 bridgehead atoms. The van der Waals surface area contributed by atoms with Crippen molar-refractivity contribution in [3.8, 4) is 0 Å². The topological polar surface area (TPSA) is 67.5 Å². The molecule has 5 rings (SSSR count). The van der Waals surface area contributed by atoms with Gasteiger partial charge in [-0.25, -0.2) is 0 Å². The third-order valence-corrected chi connectivity index (χ3v) is 7.83. The standard InChI is InChI=1S/C25H35N3O3/c1-25(24(30)26-18-10-6-3-2-4-7-11-18)17-27-20-14-15-31-22(20)16-21(27)23(29)28(25)19-12-8-5-9-13-19/h14-16,18-19H,2-13,17H2,1H3,(H,26,30)/t25-/m1/s1. The molecule has 1 atom stereocenters. The van der Waals surface area contributed by atoms with Crippen LogP contribution in [0, 0.1) is 0 Å². The second-order valence-electron chi connectivity index (χ2n) is 10.0. The molecule has 6 heteroatoms. The van der Waals surface area contributed by atoms with E-state index >= 15 is 0 Å². The second kappa shape index (κ2) is 8.36. The molecule has 2 amide bonds. The first-order valence-corrected chi connectivity index (χ1v) is 12.3. The average Bonchev–Trinajstić information content (AvgIpc) is 3.33. The molecule has 2 fully saturated rings. The maximum absolute atomic E-state index is 13.8. The van der Waals surface area contributed by atoms with Gasteiger partial charge in [-0.05, 0) is 32.6 Å². The Morgan fingerprint density at radius 2 is 1.68 bits per heavy atom. The smallest absolute Gasteiger partial charge is 0.271 e. The van der Waals surface area contributed by atoms with Gasteiger partial charge in [0.1, 0.15) is 11.2 Å². The van der Waals surface area contributed by atoms with Crippen LogP contribution in [0.2, 0.25) is 0 Å². The number of furan rings is 1. The number of amides is 2. The van der Waals surface area contributed by atoms with Crippen LogP contribution in [-0.4, -0.2) is 38.9 Å². The third kappa shape index (κ3) is 3.68. The van der Waals surface area contributed by atoms with Gasteiger partial charge in [0.15, 0.2) is 5.58 Å². The summed E-state index contributed by atoms with van der Waals surface area (Å²) in [7, 11) is 0. The summed E-state index contributed by atoms with van der Waals surface area (Å²) in [5, 5.41) is 3.38. The van der Waals surface area contributed by atoms with Gasteiger partial charge in [0.2, 0.25) is 5.91 Å². The Kier molecular flexibility index (Phi) is 5.57. The zero-order valence-electron chi connectivity index (χ0n) is 18.7. The Bertz CT molecular complexity index is 947. The Labute approximate surface area is 184 Å². The number of hydrogen-bond donors (Lipinski definition) is 1. The van der Waals surface area contributed by atoms with E-state index in [2.05, 4.69) is 5.32 Å². The molecule has 2 aliphatic carbocycles. The predicted octanol–water partition coefficient (Wildman–Crippen LogP) is 5.01. The van der Waals surface area contributed by atoms with E-state index in [0.29, 0.717) is 12.2 Å². The summed E-state index contributed by atoms with van der Waals surface area (Å²) in [6.45, 7) is 2.46. The predicted molar refractivity (Wildman–Crippen MR) is 120 cm³/mol. The van der Waals surface area contributed by atoms with Crippen molar-refractivity contribution in [3.05, 3.63) is 24.1 Å². The lowest BCUT2D eigenvalue weighted by Crippen LogP contribution is -2.67. The molecule has 168 valence electrons. The summed E-state index contributed by atoms with van der Waals surface area (Å²) in [6, 6.07) is 4.09. The van der Waals surface area contributed by atoms with Crippen LogP contribution in [0.3, 0.4) is 0 Å². The molecule has 1 aliphatic heterocycles. The van der Waals surface area contributed by atoms with E-state index in [-0.39, 0.29) is 23.9 Å². The molecule has 1 N–H and O–H groups in total. The molecule has 2 aromatic rings. The summed E-state index contributed by atoms with van der Waals surface area (Å²) in [5.74, 6) is -0.0205. The molecule has 0 radical (unpaired) electrons. The quantitative estimate of drug-likeness (QED) is 0.752. The van der Waals surface area contributed by atoms with Gasteiger partial charge in [0.25, 0.3) is 5.91 Å². The van der Waals surface area contributed by atoms with Gasteiger partial charge in [0.05, 0.1) is 18.3 Å². The Morgan fingerprint density at radius 3 is 2.42 bits per heavy atom. The molecule has 0 spiro atoms. The number of carbonyl (C=O) groups is 2. The van der Waals surface area contributed by atoms with Crippen molar-refractivity contribution in [3.63, 3.8) is 0 Å². The Morgan fingerprint density at radius 1 is 1.03 bits per heavy atom.